The molecule has 92 valence electrons. The van der Waals surface area contributed by atoms with Gasteiger partial charge in [0.2, 0.25) is 0 Å². The van der Waals surface area contributed by atoms with Crippen LogP contribution in [0.5, 0.6) is 0 Å². The van der Waals surface area contributed by atoms with Gasteiger partial charge in [-0.05, 0) is 11.1 Å². The van der Waals surface area contributed by atoms with Crippen molar-refractivity contribution in [2.45, 2.75) is 0 Å². The first-order valence-electron chi connectivity index (χ1n) is 5.62. The standard InChI is InChI=1S/C16H16O2/c1-3-11-17-12-7-8-13-18-14-15(2)16-9-5-4-6-10-16/h1,4-6,9-10H,2,11-14H2. The van der Waals surface area contributed by atoms with Crippen LogP contribution in [0.15, 0.2) is 36.9 Å². The second kappa shape index (κ2) is 9.07. The molecule has 0 saturated heterocycles. The lowest BCUT2D eigenvalue weighted by Gasteiger charge is -2.04. The quantitative estimate of drug-likeness (QED) is 0.561. The van der Waals surface area contributed by atoms with Crippen molar-refractivity contribution in [2.75, 3.05) is 26.4 Å². The third-order valence-corrected chi connectivity index (χ3v) is 2.12. The van der Waals surface area contributed by atoms with Gasteiger partial charge in [-0.2, -0.15) is 0 Å². The zero-order valence-electron chi connectivity index (χ0n) is 10.3. The van der Waals surface area contributed by atoms with Gasteiger partial charge in [-0.1, -0.05) is 54.7 Å². The highest BCUT2D eigenvalue weighted by atomic mass is 16.5. The Kier molecular flexibility index (Phi) is 7.09. The summed E-state index contributed by atoms with van der Waals surface area (Å²) in [6, 6.07) is 9.93. The summed E-state index contributed by atoms with van der Waals surface area (Å²) in [5, 5.41) is 0. The smallest absolute Gasteiger partial charge is 0.109 e. The average molecular weight is 240 g/mol. The molecular formula is C16H16O2. The minimum absolute atomic E-state index is 0.292. The largest absolute Gasteiger partial charge is 0.364 e. The van der Waals surface area contributed by atoms with Crippen LogP contribution in [-0.4, -0.2) is 26.4 Å². The van der Waals surface area contributed by atoms with Crippen LogP contribution in [0.1, 0.15) is 5.56 Å². The highest BCUT2D eigenvalue weighted by Crippen LogP contribution is 2.11. The summed E-state index contributed by atoms with van der Waals surface area (Å²) in [7, 11) is 0. The number of hydrogen-bond acceptors (Lipinski definition) is 2. The van der Waals surface area contributed by atoms with Gasteiger partial charge in [0.05, 0.1) is 6.61 Å². The molecule has 0 bridgehead atoms. The van der Waals surface area contributed by atoms with Crippen molar-refractivity contribution in [3.05, 3.63) is 42.5 Å². The number of ether oxygens (including phenoxy) is 2. The molecule has 0 unspecified atom stereocenters. The Morgan fingerprint density at radius 2 is 1.72 bits per heavy atom. The van der Waals surface area contributed by atoms with Crippen LogP contribution in [0.3, 0.4) is 0 Å². The van der Waals surface area contributed by atoms with Crippen molar-refractivity contribution >= 4 is 5.57 Å². The minimum Gasteiger partial charge on any atom is -0.364 e. The summed E-state index contributed by atoms with van der Waals surface area (Å²) in [5.74, 6) is 8.03. The summed E-state index contributed by atoms with van der Waals surface area (Å²) < 4.78 is 10.4. The van der Waals surface area contributed by atoms with Gasteiger partial charge in [0.25, 0.3) is 0 Å². The fraction of sp³-hybridized carbons (Fsp3) is 0.250. The van der Waals surface area contributed by atoms with E-state index in [-0.39, 0.29) is 0 Å². The highest BCUT2D eigenvalue weighted by Gasteiger charge is 1.96. The van der Waals surface area contributed by atoms with Crippen LogP contribution in [0.25, 0.3) is 5.57 Å². The molecule has 0 amide bonds. The zero-order chi connectivity index (χ0) is 13.1. The van der Waals surface area contributed by atoms with Crippen molar-refractivity contribution in [2.24, 2.45) is 0 Å². The molecule has 0 spiro atoms. The first kappa shape index (κ1) is 14.1. The molecule has 1 rings (SSSR count). The second-order valence-electron chi connectivity index (χ2n) is 3.51. The van der Waals surface area contributed by atoms with Crippen molar-refractivity contribution in [1.82, 2.24) is 0 Å². The summed E-state index contributed by atoms with van der Waals surface area (Å²) in [4.78, 5) is 0. The summed E-state index contributed by atoms with van der Waals surface area (Å²) in [5.41, 5.74) is 2.03. The van der Waals surface area contributed by atoms with Gasteiger partial charge >= 0.3 is 0 Å². The van der Waals surface area contributed by atoms with E-state index in [9.17, 15) is 0 Å². The van der Waals surface area contributed by atoms with Crippen LogP contribution < -0.4 is 0 Å². The molecule has 2 nitrogen and oxygen atoms in total. The van der Waals surface area contributed by atoms with Crippen LogP contribution in [-0.2, 0) is 9.47 Å². The van der Waals surface area contributed by atoms with Gasteiger partial charge in [-0.15, -0.1) is 6.42 Å². The Balaban J connectivity index is 2.15. The Hall–Kier alpha value is -2.00. The van der Waals surface area contributed by atoms with E-state index in [2.05, 4.69) is 24.3 Å². The van der Waals surface area contributed by atoms with E-state index in [1.54, 1.807) is 0 Å². The molecule has 18 heavy (non-hydrogen) atoms. The predicted octanol–water partition coefficient (Wildman–Crippen LogP) is 2.37. The van der Waals surface area contributed by atoms with Crippen molar-refractivity contribution in [1.29, 1.82) is 0 Å². The fourth-order valence-electron chi connectivity index (χ4n) is 1.25. The normalized spacial score (nSPS) is 9.06. The van der Waals surface area contributed by atoms with Crippen LogP contribution in [0.4, 0.5) is 0 Å². The van der Waals surface area contributed by atoms with E-state index in [0.29, 0.717) is 26.4 Å². The minimum atomic E-state index is 0.292. The summed E-state index contributed by atoms with van der Waals surface area (Å²) in [6.07, 6.45) is 5.02. The third-order valence-electron chi connectivity index (χ3n) is 2.12. The zero-order valence-corrected chi connectivity index (χ0v) is 10.3. The van der Waals surface area contributed by atoms with Gasteiger partial charge in [0.15, 0.2) is 0 Å². The molecule has 0 saturated carbocycles. The number of hydrogen-bond donors (Lipinski definition) is 0. The molecule has 0 radical (unpaired) electrons. The molecule has 1 aromatic rings. The Morgan fingerprint density at radius 1 is 1.06 bits per heavy atom. The van der Waals surface area contributed by atoms with Gasteiger partial charge in [-0.25, -0.2) is 0 Å². The first-order valence-corrected chi connectivity index (χ1v) is 5.62. The van der Waals surface area contributed by atoms with Crippen LogP contribution in [0.2, 0.25) is 0 Å². The van der Waals surface area contributed by atoms with Gasteiger partial charge < -0.3 is 9.47 Å². The van der Waals surface area contributed by atoms with Gasteiger partial charge in [-0.3, -0.25) is 0 Å². The molecule has 0 aliphatic carbocycles. The summed E-state index contributed by atoms with van der Waals surface area (Å²) in [6.45, 7) is 5.44. The average Bonchev–Trinajstić information content (AvgIpc) is 2.42. The highest BCUT2D eigenvalue weighted by molar-refractivity contribution is 5.63. The third kappa shape index (κ3) is 5.92. The van der Waals surface area contributed by atoms with E-state index in [0.717, 1.165) is 11.1 Å². The molecule has 0 aliphatic heterocycles. The maximum atomic E-state index is 5.39. The molecular weight excluding hydrogens is 224 g/mol. The predicted molar refractivity (Wildman–Crippen MR) is 73.7 cm³/mol. The Labute approximate surface area is 109 Å². The van der Waals surface area contributed by atoms with Crippen molar-refractivity contribution in [3.8, 4) is 24.2 Å². The monoisotopic (exact) mass is 240 g/mol. The molecule has 0 atom stereocenters. The van der Waals surface area contributed by atoms with E-state index in [4.69, 9.17) is 15.9 Å². The molecule has 1 aromatic carbocycles. The fourth-order valence-corrected chi connectivity index (χ4v) is 1.25. The van der Waals surface area contributed by atoms with Crippen LogP contribution >= 0.6 is 0 Å². The molecule has 0 aromatic heterocycles. The number of benzene rings is 1. The molecule has 0 heterocycles. The lowest BCUT2D eigenvalue weighted by molar-refractivity contribution is 0.199. The molecule has 0 fully saturated rings. The Bertz CT molecular complexity index is 457. The maximum absolute atomic E-state index is 5.39. The van der Waals surface area contributed by atoms with Crippen molar-refractivity contribution in [3.63, 3.8) is 0 Å². The summed E-state index contributed by atoms with van der Waals surface area (Å²) >= 11 is 0. The molecule has 0 N–H and O–H groups in total. The molecule has 0 aliphatic rings. The van der Waals surface area contributed by atoms with E-state index >= 15 is 0 Å². The van der Waals surface area contributed by atoms with Gasteiger partial charge in [0.1, 0.15) is 19.8 Å². The Morgan fingerprint density at radius 3 is 2.39 bits per heavy atom. The lowest BCUT2D eigenvalue weighted by atomic mass is 10.1. The van der Waals surface area contributed by atoms with Gasteiger partial charge in [0, 0.05) is 0 Å². The number of terminal acetylenes is 1. The van der Waals surface area contributed by atoms with Crippen LogP contribution in [0, 0.1) is 24.2 Å². The van der Waals surface area contributed by atoms with Crippen molar-refractivity contribution < 1.29 is 9.47 Å². The topological polar surface area (TPSA) is 18.5 Å². The molecule has 2 heteroatoms. The first-order chi connectivity index (χ1) is 8.84. The maximum Gasteiger partial charge on any atom is 0.109 e. The van der Waals surface area contributed by atoms with E-state index in [1.807, 2.05) is 30.3 Å². The lowest BCUT2D eigenvalue weighted by Crippen LogP contribution is -1.98. The van der Waals surface area contributed by atoms with E-state index in [1.165, 1.54) is 0 Å². The SMILES string of the molecule is C#CCOCC#CCOCC(=C)c1ccccc1. The number of rotatable bonds is 6. The van der Waals surface area contributed by atoms with E-state index < -0.39 is 0 Å². The second-order valence-corrected chi connectivity index (χ2v) is 3.51.